The molecule has 2 aliphatic rings. The highest BCUT2D eigenvalue weighted by Gasteiger charge is 2.95. The number of carbonyl (C=O) groups is 4. The molecule has 4 amide bonds. The van der Waals surface area contributed by atoms with Crippen LogP contribution in [0.5, 0.6) is 0 Å². The fourth-order valence-corrected chi connectivity index (χ4v) is 8.62. The summed E-state index contributed by atoms with van der Waals surface area (Å²) in [6.45, 7) is -7.34. The van der Waals surface area contributed by atoms with Crippen LogP contribution >= 0.6 is 0 Å². The third-order valence-electron chi connectivity index (χ3n) is 12.7. The van der Waals surface area contributed by atoms with E-state index in [1.807, 2.05) is 0 Å². The Balaban J connectivity index is 1.35. The quantitative estimate of drug-likeness (QED) is 0.0472. The molecule has 7 rings (SSSR count). The van der Waals surface area contributed by atoms with E-state index in [-0.39, 0.29) is 12.1 Å². The van der Waals surface area contributed by atoms with Crippen LogP contribution in [0.4, 0.5) is 132 Å². The van der Waals surface area contributed by atoms with Crippen LogP contribution in [-0.4, -0.2) is 130 Å². The van der Waals surface area contributed by atoms with Crippen LogP contribution in [-0.2, 0) is 0 Å². The molecule has 2 aliphatic heterocycles. The minimum Gasteiger partial charge on any atom is -0.269 e. The van der Waals surface area contributed by atoms with Crippen LogP contribution in [0.25, 0.3) is 43.1 Å². The monoisotopic (exact) mass is 1200 g/mol. The molecule has 5 aromatic carbocycles. The van der Waals surface area contributed by atoms with Gasteiger partial charge in [-0.25, -0.2) is 0 Å². The molecule has 80 heavy (non-hydrogen) atoms. The molecular weight excluding hydrogens is 1190 g/mol. The fraction of sp³-hybridized carbons (Fsp3) is 0.381. The number of carbonyl (C=O) groups excluding carboxylic acids is 4. The fourth-order valence-electron chi connectivity index (χ4n) is 8.62. The second-order valence-corrected chi connectivity index (χ2v) is 17.3. The molecule has 432 valence electrons. The van der Waals surface area contributed by atoms with Gasteiger partial charge in [0, 0.05) is 43.4 Å². The van der Waals surface area contributed by atoms with Crippen molar-refractivity contribution in [2.24, 2.45) is 0 Å². The average molecular weight is 1200 g/mol. The zero-order chi connectivity index (χ0) is 61.6. The maximum Gasteiger partial charge on any atom is 0.460 e. The predicted octanol–water partition coefficient (Wildman–Crippen LogP) is 13.4. The molecule has 0 fully saturated rings. The van der Waals surface area contributed by atoms with Gasteiger partial charge in [-0.3, -0.25) is 29.0 Å². The number of hydrogen-bond acceptors (Lipinski definition) is 6. The highest BCUT2D eigenvalue weighted by molar-refractivity contribution is 6.42. The number of nitriles is 2. The van der Waals surface area contributed by atoms with Crippen LogP contribution in [0, 0.1) is 22.7 Å². The Kier molecular flexibility index (Phi) is 12.5. The molecule has 2 heterocycles. The summed E-state index contributed by atoms with van der Waals surface area (Å²) in [5.41, 5.74) is -7.38. The Labute approximate surface area is 416 Å². The lowest BCUT2D eigenvalue weighted by Gasteiger charge is -2.42. The second-order valence-electron chi connectivity index (χ2n) is 17.3. The average Bonchev–Trinajstić information content (AvgIpc) is 3.32. The molecule has 0 aromatic heterocycles. The van der Waals surface area contributed by atoms with Crippen molar-refractivity contribution in [3.05, 3.63) is 69.8 Å². The number of hydrogen-bond donors (Lipinski definition) is 0. The van der Waals surface area contributed by atoms with Gasteiger partial charge in [-0.1, -0.05) is 12.1 Å². The first-order chi connectivity index (χ1) is 35.7. The van der Waals surface area contributed by atoms with Gasteiger partial charge in [0.25, 0.3) is 23.6 Å². The van der Waals surface area contributed by atoms with Gasteiger partial charge in [0.05, 0.1) is 47.5 Å². The Morgan fingerprint density at radius 1 is 0.312 bits per heavy atom. The Hall–Kier alpha value is -7.44. The lowest BCUT2D eigenvalue weighted by atomic mass is 9.79. The van der Waals surface area contributed by atoms with E-state index in [4.69, 9.17) is 0 Å². The molecule has 0 aliphatic carbocycles. The Morgan fingerprint density at radius 2 is 0.550 bits per heavy atom. The van der Waals surface area contributed by atoms with E-state index in [0.29, 0.717) is 24.3 Å². The standard InChI is InChI=1S/C42H10F30N4O4/c43-29(44,31(47,48)33(51,52)35(55,56)37(59,60)39(63,64)41(67,68)69)9-75-25(77)15-3-1-13-19-11(7-73)5-18-22-16(4-2-14(24(19)22)20-12(8-74)6-17(27(75)79)21(15)23(13)20)26(78)76(28(18)80)10-30(45,46)32(49,50)34(53,54)36(57,58)38(61,62)40(65,66)42(70,71)72/h1-6H,9-10H2. The largest absolute Gasteiger partial charge is 0.460 e. The molecule has 5 aromatic rings. The number of benzene rings is 5. The normalized spacial score (nSPS) is 16.5. The lowest BCUT2D eigenvalue weighted by molar-refractivity contribution is -0.452. The summed E-state index contributed by atoms with van der Waals surface area (Å²) in [6.07, 6.45) is -15.9. The van der Waals surface area contributed by atoms with Crippen LogP contribution < -0.4 is 0 Å². The number of imide groups is 2. The van der Waals surface area contributed by atoms with E-state index in [1.165, 1.54) is 12.1 Å². The first kappa shape index (κ1) is 60.2. The molecule has 38 heteroatoms. The molecule has 0 radical (unpaired) electrons. The maximum absolute atomic E-state index is 15.3. The highest BCUT2D eigenvalue weighted by Crippen LogP contribution is 2.65. The second kappa shape index (κ2) is 16.6. The predicted molar refractivity (Wildman–Crippen MR) is 199 cm³/mol. The summed E-state index contributed by atoms with van der Waals surface area (Å²) in [4.78, 5) is 52.5. The summed E-state index contributed by atoms with van der Waals surface area (Å²) in [6, 6.07) is 4.90. The minimum atomic E-state index is -8.79. The molecule has 8 nitrogen and oxygen atoms in total. The van der Waals surface area contributed by atoms with Crippen LogP contribution in [0.15, 0.2) is 36.4 Å². The van der Waals surface area contributed by atoms with Gasteiger partial charge in [0.15, 0.2) is 0 Å². The van der Waals surface area contributed by atoms with Crippen molar-refractivity contribution in [2.75, 3.05) is 13.1 Å². The molecule has 0 unspecified atom stereocenters. The van der Waals surface area contributed by atoms with E-state index in [2.05, 4.69) is 0 Å². The molecule has 0 N–H and O–H groups in total. The van der Waals surface area contributed by atoms with Crippen molar-refractivity contribution in [3.8, 4) is 12.1 Å². The molecular formula is C42H10F30N4O4. The smallest absolute Gasteiger partial charge is 0.269 e. The summed E-state index contributed by atoms with van der Waals surface area (Å²) >= 11 is 0. The molecule has 0 atom stereocenters. The molecule has 0 spiro atoms. The van der Waals surface area contributed by atoms with Gasteiger partial charge >= 0.3 is 83.4 Å². The zero-order valence-corrected chi connectivity index (χ0v) is 36.6. The summed E-state index contributed by atoms with van der Waals surface area (Å²) < 4.78 is 420. The topological polar surface area (TPSA) is 122 Å². The molecule has 0 saturated heterocycles. The van der Waals surface area contributed by atoms with E-state index >= 15 is 17.6 Å². The first-order valence-electron chi connectivity index (χ1n) is 20.1. The van der Waals surface area contributed by atoms with Crippen molar-refractivity contribution < 1.29 is 151 Å². The summed E-state index contributed by atoms with van der Waals surface area (Å²) in [7, 11) is 0. The number of amides is 4. The lowest BCUT2D eigenvalue weighted by Crippen LogP contribution is -2.73. The van der Waals surface area contributed by atoms with E-state index in [9.17, 15) is 144 Å². The zero-order valence-electron chi connectivity index (χ0n) is 36.6. The van der Waals surface area contributed by atoms with Crippen molar-refractivity contribution in [1.29, 1.82) is 10.5 Å². The van der Waals surface area contributed by atoms with E-state index < -0.39 is 206 Å². The summed E-state index contributed by atoms with van der Waals surface area (Å²) in [5.74, 6) is -110. The number of nitrogens with zero attached hydrogens (tertiary/aromatic N) is 4. The van der Waals surface area contributed by atoms with Gasteiger partial charge in [-0.15, -0.1) is 0 Å². The maximum atomic E-state index is 15.3. The third kappa shape index (κ3) is 7.02. The van der Waals surface area contributed by atoms with Gasteiger partial charge in [-0.05, 0) is 35.0 Å². The molecule has 0 bridgehead atoms. The van der Waals surface area contributed by atoms with E-state index in [1.54, 1.807) is 0 Å². The van der Waals surface area contributed by atoms with Crippen LogP contribution in [0.2, 0.25) is 0 Å². The highest BCUT2D eigenvalue weighted by atomic mass is 19.4. The van der Waals surface area contributed by atoms with Gasteiger partial charge in [0.2, 0.25) is 0 Å². The number of fused-ring (bicyclic) bond motifs is 2. The molecule has 0 saturated carbocycles. The van der Waals surface area contributed by atoms with E-state index in [0.717, 1.165) is 0 Å². The number of rotatable bonds is 14. The van der Waals surface area contributed by atoms with Crippen LogP contribution in [0.3, 0.4) is 0 Å². The number of halogens is 30. The first-order valence-corrected chi connectivity index (χ1v) is 20.1. The van der Waals surface area contributed by atoms with Crippen molar-refractivity contribution in [3.63, 3.8) is 0 Å². The third-order valence-corrected chi connectivity index (χ3v) is 12.7. The van der Waals surface area contributed by atoms with Crippen molar-refractivity contribution in [1.82, 2.24) is 9.80 Å². The van der Waals surface area contributed by atoms with Crippen LogP contribution in [0.1, 0.15) is 52.6 Å². The van der Waals surface area contributed by atoms with Crippen molar-refractivity contribution in [2.45, 2.75) is 83.4 Å². The van der Waals surface area contributed by atoms with Crippen molar-refractivity contribution >= 4 is 66.7 Å². The Bertz CT molecular complexity index is 3410. The van der Waals surface area contributed by atoms with Gasteiger partial charge in [-0.2, -0.15) is 142 Å². The summed E-state index contributed by atoms with van der Waals surface area (Å²) in [5, 5.41) is 14.3. The Morgan fingerprint density at radius 3 is 0.800 bits per heavy atom. The minimum absolute atomic E-state index is 0.219. The van der Waals surface area contributed by atoms with Gasteiger partial charge in [0.1, 0.15) is 0 Å². The number of alkyl halides is 30. The van der Waals surface area contributed by atoms with Gasteiger partial charge < -0.3 is 0 Å². The SMILES string of the molecule is N#Cc1cc2c3c(ccc4c5c(C#N)cc6c7c(ccc(c1c34)c75)C(=O)N(CC(F)(F)C(F)(F)C(F)(F)C(F)(F)C(F)(F)C(F)(F)C(F)(F)F)C6=O)C(=O)N(CC(F)(F)C(F)(F)C(F)(F)C(F)(F)C(F)(F)C(F)(F)C(F)(F)F)C2=O.